The molecule has 1 saturated heterocycles. The molecule has 1 fully saturated rings. The van der Waals surface area contributed by atoms with Crippen LogP contribution >= 0.6 is 11.6 Å². The average Bonchev–Trinajstić information content (AvgIpc) is 2.87. The number of benzene rings is 1. The zero-order valence-corrected chi connectivity index (χ0v) is 15.5. The first-order valence-electron chi connectivity index (χ1n) is 7.73. The van der Waals surface area contributed by atoms with Gasteiger partial charge in [0.2, 0.25) is 5.91 Å². The molecule has 1 aliphatic rings. The van der Waals surface area contributed by atoms with Crippen LogP contribution in [0.3, 0.4) is 0 Å². The minimum Gasteiger partial charge on any atom is -0.467 e. The van der Waals surface area contributed by atoms with Crippen LogP contribution in [0.4, 0.5) is 4.39 Å². The zero-order valence-electron chi connectivity index (χ0n) is 13.7. The quantitative estimate of drug-likeness (QED) is 0.458. The number of halogens is 2. The van der Waals surface area contributed by atoms with Crippen molar-refractivity contribution in [3.8, 4) is 5.75 Å². The third-order valence-electron chi connectivity index (χ3n) is 3.77. The van der Waals surface area contributed by atoms with Crippen molar-refractivity contribution in [1.29, 1.82) is 0 Å². The Bertz CT molecular complexity index is 577. The van der Waals surface area contributed by atoms with Crippen LogP contribution in [0.1, 0.15) is 17.9 Å². The smallest absolute Gasteiger partial charge is 0.220 e. The van der Waals surface area contributed by atoms with Gasteiger partial charge in [0.15, 0.2) is 6.79 Å². The lowest BCUT2D eigenvalue weighted by Gasteiger charge is -2.18. The van der Waals surface area contributed by atoms with E-state index in [1.807, 2.05) is 0 Å². The summed E-state index contributed by atoms with van der Waals surface area (Å²) in [4.78, 5) is 11.4. The van der Waals surface area contributed by atoms with E-state index in [1.54, 1.807) is 6.07 Å². The van der Waals surface area contributed by atoms with Gasteiger partial charge in [-0.2, -0.15) is 0 Å². The van der Waals surface area contributed by atoms with E-state index >= 15 is 0 Å². The Balaban J connectivity index is 2.01. The van der Waals surface area contributed by atoms with Crippen LogP contribution < -0.4 is 10.1 Å². The summed E-state index contributed by atoms with van der Waals surface area (Å²) in [6.45, 7) is 7.90. The van der Waals surface area contributed by atoms with Gasteiger partial charge in [-0.1, -0.05) is 31.2 Å². The second-order valence-corrected chi connectivity index (χ2v) is 13.0. The number of hydrogen-bond donors (Lipinski definition) is 1. The van der Waals surface area contributed by atoms with Crippen molar-refractivity contribution in [2.45, 2.75) is 38.0 Å². The molecule has 0 saturated carbocycles. The van der Waals surface area contributed by atoms with E-state index in [4.69, 9.17) is 21.1 Å². The van der Waals surface area contributed by atoms with E-state index in [-0.39, 0.29) is 30.1 Å². The standard InChI is InChI=1S/C16H23ClFNO3Si/c1-23(2,3)7-6-21-10-22-13-5-4-12(17)16(18)15(13)11-8-14(20)19-9-11/h4-5,11H,6-10H2,1-3H3,(H,19,20)/t11-/m0/s1. The number of hydrogen-bond acceptors (Lipinski definition) is 3. The van der Waals surface area contributed by atoms with Gasteiger partial charge in [-0.15, -0.1) is 0 Å². The number of carbonyl (C=O) groups excluding carboxylic acids is 1. The molecule has 1 atom stereocenters. The Morgan fingerprint density at radius 1 is 1.39 bits per heavy atom. The fraction of sp³-hybridized carbons (Fsp3) is 0.562. The van der Waals surface area contributed by atoms with Crippen LogP contribution in [0.25, 0.3) is 0 Å². The summed E-state index contributed by atoms with van der Waals surface area (Å²) in [5.74, 6) is -0.487. The largest absolute Gasteiger partial charge is 0.467 e. The number of carbonyl (C=O) groups is 1. The monoisotopic (exact) mass is 359 g/mol. The number of ether oxygens (including phenoxy) is 2. The number of amides is 1. The molecule has 128 valence electrons. The molecule has 0 radical (unpaired) electrons. The second kappa shape index (κ2) is 7.64. The molecule has 1 amide bonds. The van der Waals surface area contributed by atoms with Crippen LogP contribution in [0.2, 0.25) is 30.7 Å². The van der Waals surface area contributed by atoms with Crippen molar-refractivity contribution >= 4 is 25.6 Å². The molecule has 0 bridgehead atoms. The highest BCUT2D eigenvalue weighted by Crippen LogP contribution is 2.36. The van der Waals surface area contributed by atoms with Crippen molar-refractivity contribution < 1.29 is 18.7 Å². The summed E-state index contributed by atoms with van der Waals surface area (Å²) in [5, 5.41) is 2.74. The highest BCUT2D eigenvalue weighted by molar-refractivity contribution is 6.76. The van der Waals surface area contributed by atoms with Gasteiger partial charge in [0.1, 0.15) is 11.6 Å². The van der Waals surface area contributed by atoms with E-state index in [2.05, 4.69) is 25.0 Å². The first-order valence-corrected chi connectivity index (χ1v) is 11.8. The maximum atomic E-state index is 14.4. The van der Waals surface area contributed by atoms with Crippen LogP contribution in [0.15, 0.2) is 12.1 Å². The predicted octanol–water partition coefficient (Wildman–Crippen LogP) is 3.77. The summed E-state index contributed by atoms with van der Waals surface area (Å²) in [7, 11) is -1.15. The van der Waals surface area contributed by atoms with Crippen molar-refractivity contribution in [2.24, 2.45) is 0 Å². The molecule has 1 aliphatic heterocycles. The lowest BCUT2D eigenvalue weighted by atomic mass is 9.96. The van der Waals surface area contributed by atoms with Gasteiger partial charge in [-0.05, 0) is 18.2 Å². The van der Waals surface area contributed by atoms with Gasteiger partial charge >= 0.3 is 0 Å². The average molecular weight is 360 g/mol. The van der Waals surface area contributed by atoms with Gasteiger partial charge in [0.25, 0.3) is 0 Å². The lowest BCUT2D eigenvalue weighted by molar-refractivity contribution is -0.119. The molecular weight excluding hydrogens is 337 g/mol. The van der Waals surface area contributed by atoms with Crippen LogP contribution in [0, 0.1) is 5.82 Å². The van der Waals surface area contributed by atoms with E-state index in [9.17, 15) is 9.18 Å². The van der Waals surface area contributed by atoms with E-state index in [1.165, 1.54) is 6.07 Å². The molecule has 2 rings (SSSR count). The maximum Gasteiger partial charge on any atom is 0.220 e. The zero-order chi connectivity index (χ0) is 17.0. The molecule has 1 aromatic rings. The summed E-state index contributed by atoms with van der Waals surface area (Å²) < 4.78 is 25.5. The van der Waals surface area contributed by atoms with Crippen molar-refractivity contribution in [3.05, 3.63) is 28.5 Å². The third kappa shape index (κ3) is 5.19. The fourth-order valence-corrected chi connectivity index (χ4v) is 3.33. The van der Waals surface area contributed by atoms with Crippen molar-refractivity contribution in [1.82, 2.24) is 5.32 Å². The Morgan fingerprint density at radius 3 is 2.74 bits per heavy atom. The van der Waals surface area contributed by atoms with Crippen LogP contribution in [-0.4, -0.2) is 33.9 Å². The topological polar surface area (TPSA) is 47.6 Å². The van der Waals surface area contributed by atoms with E-state index in [0.717, 1.165) is 6.04 Å². The Labute approximate surface area is 142 Å². The molecule has 1 heterocycles. The number of nitrogens with one attached hydrogen (secondary N) is 1. The molecule has 23 heavy (non-hydrogen) atoms. The van der Waals surface area contributed by atoms with Gasteiger partial charge < -0.3 is 14.8 Å². The molecule has 1 aromatic carbocycles. The Kier molecular flexibility index (Phi) is 6.05. The highest BCUT2D eigenvalue weighted by atomic mass is 35.5. The minimum atomic E-state index is -1.15. The molecule has 0 aliphatic carbocycles. The predicted molar refractivity (Wildman–Crippen MR) is 91.4 cm³/mol. The highest BCUT2D eigenvalue weighted by Gasteiger charge is 2.29. The maximum absolute atomic E-state index is 14.4. The second-order valence-electron chi connectivity index (χ2n) is 6.96. The first kappa shape index (κ1) is 18.2. The van der Waals surface area contributed by atoms with Gasteiger partial charge in [-0.3, -0.25) is 4.79 Å². The Hall–Kier alpha value is -1.11. The van der Waals surface area contributed by atoms with Gasteiger partial charge in [0.05, 0.1) is 5.02 Å². The third-order valence-corrected chi connectivity index (χ3v) is 5.77. The Morgan fingerprint density at radius 2 is 2.13 bits per heavy atom. The van der Waals surface area contributed by atoms with E-state index in [0.29, 0.717) is 24.5 Å². The van der Waals surface area contributed by atoms with Crippen molar-refractivity contribution in [3.63, 3.8) is 0 Å². The summed E-state index contributed by atoms with van der Waals surface area (Å²) >= 11 is 5.87. The minimum absolute atomic E-state index is 0.0337. The SMILES string of the molecule is C[Si](C)(C)CCOCOc1ccc(Cl)c(F)c1[C@@H]1CNC(=O)C1. The van der Waals surface area contributed by atoms with Gasteiger partial charge in [0, 0.05) is 39.1 Å². The molecule has 0 spiro atoms. The fourth-order valence-electron chi connectivity index (χ4n) is 2.41. The molecule has 0 unspecified atom stereocenters. The van der Waals surface area contributed by atoms with E-state index < -0.39 is 13.9 Å². The van der Waals surface area contributed by atoms with Crippen molar-refractivity contribution in [2.75, 3.05) is 19.9 Å². The molecular formula is C16H23ClFNO3Si. The summed E-state index contributed by atoms with van der Waals surface area (Å²) in [6, 6.07) is 4.13. The molecule has 1 N–H and O–H groups in total. The summed E-state index contributed by atoms with van der Waals surface area (Å²) in [5.41, 5.74) is 0.352. The van der Waals surface area contributed by atoms with Gasteiger partial charge in [-0.25, -0.2) is 4.39 Å². The molecule has 4 nitrogen and oxygen atoms in total. The normalized spacial score (nSPS) is 18.1. The molecule has 7 heteroatoms. The van der Waals surface area contributed by atoms with Crippen LogP contribution in [0.5, 0.6) is 5.75 Å². The number of rotatable bonds is 7. The summed E-state index contributed by atoms with van der Waals surface area (Å²) in [6.07, 6.45) is 0.240. The molecule has 0 aromatic heterocycles. The lowest BCUT2D eigenvalue weighted by Crippen LogP contribution is -2.22. The first-order chi connectivity index (χ1) is 10.8. The van der Waals surface area contributed by atoms with Crippen LogP contribution in [-0.2, 0) is 9.53 Å².